The fourth-order valence-corrected chi connectivity index (χ4v) is 2.20. The highest BCUT2D eigenvalue weighted by Gasteiger charge is 2.07. The van der Waals surface area contributed by atoms with Crippen LogP contribution in [-0.4, -0.2) is 26.8 Å². The highest BCUT2D eigenvalue weighted by Crippen LogP contribution is 2.24. The molecular weight excluding hydrogens is 320 g/mol. The van der Waals surface area contributed by atoms with Crippen molar-refractivity contribution in [1.82, 2.24) is 0 Å². The Kier molecular flexibility index (Phi) is 6.89. The van der Waals surface area contributed by atoms with E-state index in [4.69, 9.17) is 18.9 Å². The molecule has 2 aromatic carbocycles. The molecule has 0 N–H and O–H groups in total. The first-order chi connectivity index (χ1) is 12.2. The molecule has 0 heterocycles. The third-order valence-electron chi connectivity index (χ3n) is 3.46. The van der Waals surface area contributed by atoms with Crippen LogP contribution in [0, 0.1) is 0 Å². The van der Waals surface area contributed by atoms with E-state index in [1.165, 1.54) is 6.08 Å². The number of methoxy groups -OCH3 is 2. The molecule has 0 saturated carbocycles. The molecule has 0 saturated heterocycles. The number of benzene rings is 2. The summed E-state index contributed by atoms with van der Waals surface area (Å²) in [5.74, 6) is 1.69. The standard InChI is InChI=1S/C20H22O5/c1-4-24-17-8-5-15(6-9-17)7-12-20(21)25-14-16-13-18(22-2)10-11-19(16)23-3/h5-13H,4,14H2,1-3H3/b12-7+. The van der Waals surface area contributed by atoms with Crippen LogP contribution in [0.1, 0.15) is 18.1 Å². The van der Waals surface area contributed by atoms with E-state index in [-0.39, 0.29) is 6.61 Å². The fraction of sp³-hybridized carbons (Fsp3) is 0.250. The molecule has 0 bridgehead atoms. The lowest BCUT2D eigenvalue weighted by atomic mass is 10.2. The summed E-state index contributed by atoms with van der Waals surface area (Å²) < 4.78 is 21.1. The van der Waals surface area contributed by atoms with Crippen molar-refractivity contribution in [3.63, 3.8) is 0 Å². The Morgan fingerprint density at radius 1 is 1.00 bits per heavy atom. The first-order valence-electron chi connectivity index (χ1n) is 7.95. The molecule has 5 heteroatoms. The van der Waals surface area contributed by atoms with Crippen LogP contribution in [-0.2, 0) is 16.1 Å². The maximum atomic E-state index is 11.9. The largest absolute Gasteiger partial charge is 0.497 e. The molecule has 0 aliphatic carbocycles. The SMILES string of the molecule is CCOc1ccc(/C=C/C(=O)OCc2cc(OC)ccc2OC)cc1. The molecule has 0 fully saturated rings. The molecule has 0 aliphatic rings. The molecule has 0 spiro atoms. The second kappa shape index (κ2) is 9.37. The molecular formula is C20H22O5. The van der Waals surface area contributed by atoms with E-state index in [1.807, 2.05) is 31.2 Å². The normalized spacial score (nSPS) is 10.5. The molecule has 0 aromatic heterocycles. The quantitative estimate of drug-likeness (QED) is 0.539. The van der Waals surface area contributed by atoms with E-state index < -0.39 is 5.97 Å². The lowest BCUT2D eigenvalue weighted by Crippen LogP contribution is -2.02. The summed E-state index contributed by atoms with van der Waals surface area (Å²) in [5, 5.41) is 0. The van der Waals surface area contributed by atoms with E-state index in [9.17, 15) is 4.79 Å². The van der Waals surface area contributed by atoms with Crippen molar-refractivity contribution in [2.24, 2.45) is 0 Å². The van der Waals surface area contributed by atoms with Crippen LogP contribution in [0.5, 0.6) is 17.2 Å². The van der Waals surface area contributed by atoms with Crippen LogP contribution in [0.15, 0.2) is 48.5 Å². The minimum absolute atomic E-state index is 0.104. The van der Waals surface area contributed by atoms with Gasteiger partial charge in [-0.25, -0.2) is 4.79 Å². The van der Waals surface area contributed by atoms with Crippen molar-refractivity contribution in [2.75, 3.05) is 20.8 Å². The smallest absolute Gasteiger partial charge is 0.331 e. The lowest BCUT2D eigenvalue weighted by molar-refractivity contribution is -0.138. The summed E-state index contributed by atoms with van der Waals surface area (Å²) in [6.07, 6.45) is 3.09. The van der Waals surface area contributed by atoms with Gasteiger partial charge in [0.05, 0.1) is 20.8 Å². The number of esters is 1. The number of carbonyl (C=O) groups is 1. The fourth-order valence-electron chi connectivity index (χ4n) is 2.20. The Balaban J connectivity index is 1.94. The van der Waals surface area contributed by atoms with E-state index in [1.54, 1.807) is 38.5 Å². The summed E-state index contributed by atoms with van der Waals surface area (Å²) in [7, 11) is 3.15. The molecule has 25 heavy (non-hydrogen) atoms. The van der Waals surface area contributed by atoms with Crippen LogP contribution >= 0.6 is 0 Å². The molecule has 0 amide bonds. The van der Waals surface area contributed by atoms with E-state index >= 15 is 0 Å². The zero-order valence-corrected chi connectivity index (χ0v) is 14.7. The summed E-state index contributed by atoms with van der Waals surface area (Å²) >= 11 is 0. The van der Waals surface area contributed by atoms with Gasteiger partial charge < -0.3 is 18.9 Å². The molecule has 0 atom stereocenters. The van der Waals surface area contributed by atoms with Crippen molar-refractivity contribution in [2.45, 2.75) is 13.5 Å². The van der Waals surface area contributed by atoms with Crippen LogP contribution in [0.3, 0.4) is 0 Å². The number of hydrogen-bond donors (Lipinski definition) is 0. The Morgan fingerprint density at radius 2 is 1.72 bits per heavy atom. The van der Waals surface area contributed by atoms with Gasteiger partial charge >= 0.3 is 5.97 Å². The van der Waals surface area contributed by atoms with E-state index in [0.717, 1.165) is 16.9 Å². The number of carbonyl (C=O) groups excluding carboxylic acids is 1. The minimum atomic E-state index is -0.432. The van der Waals surface area contributed by atoms with Gasteiger partial charge in [-0.2, -0.15) is 0 Å². The van der Waals surface area contributed by atoms with Crippen molar-refractivity contribution in [3.05, 3.63) is 59.7 Å². The van der Waals surface area contributed by atoms with Gasteiger partial charge in [0.15, 0.2) is 0 Å². The van der Waals surface area contributed by atoms with E-state index in [0.29, 0.717) is 18.1 Å². The van der Waals surface area contributed by atoms with Crippen LogP contribution < -0.4 is 14.2 Å². The van der Waals surface area contributed by atoms with Gasteiger partial charge in [-0.05, 0) is 48.9 Å². The highest BCUT2D eigenvalue weighted by molar-refractivity contribution is 5.87. The summed E-state index contributed by atoms with van der Waals surface area (Å²) in [6.45, 7) is 2.66. The third kappa shape index (κ3) is 5.57. The third-order valence-corrected chi connectivity index (χ3v) is 3.46. The van der Waals surface area contributed by atoms with Gasteiger partial charge in [0.2, 0.25) is 0 Å². The first-order valence-corrected chi connectivity index (χ1v) is 7.95. The maximum Gasteiger partial charge on any atom is 0.331 e. The van der Waals surface area contributed by atoms with Crippen molar-refractivity contribution < 1.29 is 23.7 Å². The lowest BCUT2D eigenvalue weighted by Gasteiger charge is -2.10. The minimum Gasteiger partial charge on any atom is -0.497 e. The molecule has 132 valence electrons. The average Bonchev–Trinajstić information content (AvgIpc) is 2.65. The molecule has 2 rings (SSSR count). The van der Waals surface area contributed by atoms with Gasteiger partial charge in [-0.15, -0.1) is 0 Å². The number of rotatable bonds is 8. The van der Waals surface area contributed by atoms with Crippen LogP contribution in [0.2, 0.25) is 0 Å². The summed E-state index contributed by atoms with van der Waals surface area (Å²) in [4.78, 5) is 11.9. The Hall–Kier alpha value is -2.95. The number of ether oxygens (including phenoxy) is 4. The molecule has 0 radical (unpaired) electrons. The second-order valence-corrected chi connectivity index (χ2v) is 5.12. The molecule has 5 nitrogen and oxygen atoms in total. The molecule has 0 unspecified atom stereocenters. The maximum absolute atomic E-state index is 11.9. The average molecular weight is 342 g/mol. The topological polar surface area (TPSA) is 54.0 Å². The number of hydrogen-bond acceptors (Lipinski definition) is 5. The van der Waals surface area contributed by atoms with Gasteiger partial charge in [0.1, 0.15) is 23.9 Å². The summed E-state index contributed by atoms with van der Waals surface area (Å²) in [6, 6.07) is 12.8. The van der Waals surface area contributed by atoms with Crippen molar-refractivity contribution in [3.8, 4) is 17.2 Å². The summed E-state index contributed by atoms with van der Waals surface area (Å²) in [5.41, 5.74) is 1.63. The van der Waals surface area contributed by atoms with Gasteiger partial charge in [-0.3, -0.25) is 0 Å². The Bertz CT molecular complexity index is 719. The van der Waals surface area contributed by atoms with Gasteiger partial charge in [0, 0.05) is 11.6 Å². The second-order valence-electron chi connectivity index (χ2n) is 5.12. The van der Waals surface area contributed by atoms with Crippen molar-refractivity contribution >= 4 is 12.0 Å². The van der Waals surface area contributed by atoms with E-state index in [2.05, 4.69) is 0 Å². The predicted molar refractivity (Wildman–Crippen MR) is 96.0 cm³/mol. The van der Waals surface area contributed by atoms with Crippen LogP contribution in [0.25, 0.3) is 6.08 Å². The van der Waals surface area contributed by atoms with Crippen LogP contribution in [0.4, 0.5) is 0 Å². The van der Waals surface area contributed by atoms with Gasteiger partial charge in [-0.1, -0.05) is 12.1 Å². The zero-order chi connectivity index (χ0) is 18.1. The molecule has 2 aromatic rings. The Morgan fingerprint density at radius 3 is 2.36 bits per heavy atom. The predicted octanol–water partition coefficient (Wildman–Crippen LogP) is 3.86. The zero-order valence-electron chi connectivity index (χ0n) is 14.7. The highest BCUT2D eigenvalue weighted by atomic mass is 16.5. The van der Waals surface area contributed by atoms with Gasteiger partial charge in [0.25, 0.3) is 0 Å². The van der Waals surface area contributed by atoms with Crippen molar-refractivity contribution in [1.29, 1.82) is 0 Å². The Labute approximate surface area is 147 Å². The molecule has 0 aliphatic heterocycles. The first kappa shape index (κ1) is 18.4. The monoisotopic (exact) mass is 342 g/mol.